The van der Waals surface area contributed by atoms with E-state index in [1.807, 2.05) is 0 Å². The molecule has 1 saturated heterocycles. The molecule has 0 radical (unpaired) electrons. The molecule has 2 N–H and O–H groups in total. The van der Waals surface area contributed by atoms with Crippen molar-refractivity contribution in [2.24, 2.45) is 0 Å². The Morgan fingerprint density at radius 1 is 1.31 bits per heavy atom. The zero-order valence-electron chi connectivity index (χ0n) is 15.3. The predicted octanol–water partition coefficient (Wildman–Crippen LogP) is 2.87. The number of halogens is 1. The van der Waals surface area contributed by atoms with Crippen LogP contribution in [0, 0.1) is 0 Å². The summed E-state index contributed by atoms with van der Waals surface area (Å²) in [6.07, 6.45) is 0.327. The van der Waals surface area contributed by atoms with Gasteiger partial charge in [-0.15, -0.1) is 0 Å². The molecular weight excluding hydrogens is 404 g/mol. The van der Waals surface area contributed by atoms with Gasteiger partial charge >= 0.3 is 6.09 Å². The minimum Gasteiger partial charge on any atom is -0.492 e. The summed E-state index contributed by atoms with van der Waals surface area (Å²) in [5, 5.41) is 5.56. The van der Waals surface area contributed by atoms with E-state index in [0.717, 1.165) is 10.9 Å². The standard InChI is InChI=1S/C18H25BrN2O5/c1-18(2,3)26-17(23)20-5-7-25-15-9-12(8-13(19)10-15)16(22)21-14-4-6-24-11-14/h8-10,14H,4-7,11H2,1-3H3,(H,20,23)(H,21,22). The number of rotatable bonds is 6. The van der Waals surface area contributed by atoms with Crippen LogP contribution in [-0.2, 0) is 9.47 Å². The van der Waals surface area contributed by atoms with Crippen LogP contribution in [0.4, 0.5) is 4.79 Å². The minimum atomic E-state index is -0.540. The van der Waals surface area contributed by atoms with Crippen LogP contribution in [0.5, 0.6) is 5.75 Å². The van der Waals surface area contributed by atoms with Gasteiger partial charge in [0.1, 0.15) is 18.0 Å². The van der Waals surface area contributed by atoms with E-state index < -0.39 is 11.7 Å². The zero-order valence-corrected chi connectivity index (χ0v) is 16.9. The van der Waals surface area contributed by atoms with Crippen LogP contribution in [0.25, 0.3) is 0 Å². The first kappa shape index (κ1) is 20.5. The van der Waals surface area contributed by atoms with Gasteiger partial charge in [-0.3, -0.25) is 4.79 Å². The molecule has 0 spiro atoms. The molecule has 0 aromatic heterocycles. The molecule has 0 bridgehead atoms. The highest BCUT2D eigenvalue weighted by molar-refractivity contribution is 9.10. The second-order valence-electron chi connectivity index (χ2n) is 6.99. The molecule has 144 valence electrons. The molecule has 1 atom stereocenters. The highest BCUT2D eigenvalue weighted by Gasteiger charge is 2.19. The van der Waals surface area contributed by atoms with Gasteiger partial charge in [-0.1, -0.05) is 15.9 Å². The normalized spacial score (nSPS) is 16.8. The molecular formula is C18H25BrN2O5. The van der Waals surface area contributed by atoms with Crippen LogP contribution in [0.3, 0.4) is 0 Å². The Morgan fingerprint density at radius 3 is 2.73 bits per heavy atom. The van der Waals surface area contributed by atoms with Crippen LogP contribution in [0.2, 0.25) is 0 Å². The number of carbonyl (C=O) groups is 2. The van der Waals surface area contributed by atoms with E-state index in [0.29, 0.717) is 31.1 Å². The molecule has 1 aromatic rings. The van der Waals surface area contributed by atoms with Gasteiger partial charge in [0.25, 0.3) is 5.91 Å². The molecule has 26 heavy (non-hydrogen) atoms. The lowest BCUT2D eigenvalue weighted by Crippen LogP contribution is -2.35. The topological polar surface area (TPSA) is 85.9 Å². The molecule has 1 unspecified atom stereocenters. The van der Waals surface area contributed by atoms with E-state index in [1.54, 1.807) is 39.0 Å². The Bertz CT molecular complexity index is 639. The van der Waals surface area contributed by atoms with E-state index >= 15 is 0 Å². The average molecular weight is 429 g/mol. The number of hydrogen-bond acceptors (Lipinski definition) is 5. The van der Waals surface area contributed by atoms with Crippen molar-refractivity contribution in [3.8, 4) is 5.75 Å². The summed E-state index contributed by atoms with van der Waals surface area (Å²) in [5.74, 6) is 0.372. The fourth-order valence-corrected chi connectivity index (χ4v) is 2.80. The van der Waals surface area contributed by atoms with Crippen molar-refractivity contribution in [1.82, 2.24) is 10.6 Å². The Hall–Kier alpha value is -1.80. The van der Waals surface area contributed by atoms with Crippen LogP contribution in [0.1, 0.15) is 37.6 Å². The maximum atomic E-state index is 12.3. The van der Waals surface area contributed by atoms with E-state index in [4.69, 9.17) is 14.2 Å². The molecule has 1 aliphatic rings. The summed E-state index contributed by atoms with van der Waals surface area (Å²) in [7, 11) is 0. The molecule has 1 heterocycles. The van der Waals surface area contributed by atoms with Gasteiger partial charge in [0.2, 0.25) is 0 Å². The number of benzene rings is 1. The third-order valence-corrected chi connectivity index (χ3v) is 3.90. The number of hydrogen-bond donors (Lipinski definition) is 2. The highest BCUT2D eigenvalue weighted by Crippen LogP contribution is 2.22. The van der Waals surface area contributed by atoms with Crippen LogP contribution >= 0.6 is 15.9 Å². The third-order valence-electron chi connectivity index (χ3n) is 3.44. The highest BCUT2D eigenvalue weighted by atomic mass is 79.9. The summed E-state index contributed by atoms with van der Waals surface area (Å²) in [5.41, 5.74) is -0.0386. The van der Waals surface area contributed by atoms with Crippen LogP contribution in [-0.4, -0.2) is 50.0 Å². The van der Waals surface area contributed by atoms with Crippen molar-refractivity contribution < 1.29 is 23.8 Å². The molecule has 1 aromatic carbocycles. The lowest BCUT2D eigenvalue weighted by Gasteiger charge is -2.19. The number of ether oxygens (including phenoxy) is 3. The first-order chi connectivity index (χ1) is 12.2. The quantitative estimate of drug-likeness (QED) is 0.680. The molecule has 2 rings (SSSR count). The molecule has 7 nitrogen and oxygen atoms in total. The van der Waals surface area contributed by atoms with Gasteiger partial charge in [0.05, 0.1) is 19.2 Å². The Balaban J connectivity index is 1.83. The maximum Gasteiger partial charge on any atom is 0.407 e. The molecule has 2 amide bonds. The molecule has 8 heteroatoms. The minimum absolute atomic E-state index is 0.0453. The largest absolute Gasteiger partial charge is 0.492 e. The molecule has 0 aliphatic carbocycles. The number of nitrogens with one attached hydrogen (secondary N) is 2. The molecule has 0 saturated carbocycles. The Labute approximate surface area is 161 Å². The van der Waals surface area contributed by atoms with Crippen molar-refractivity contribution >= 4 is 27.9 Å². The van der Waals surface area contributed by atoms with Crippen molar-refractivity contribution in [3.05, 3.63) is 28.2 Å². The first-order valence-electron chi connectivity index (χ1n) is 8.52. The van der Waals surface area contributed by atoms with Gasteiger partial charge in [-0.2, -0.15) is 0 Å². The summed E-state index contributed by atoms with van der Waals surface area (Å²) in [4.78, 5) is 23.9. The fourth-order valence-electron chi connectivity index (χ4n) is 2.33. The number of alkyl carbamates (subject to hydrolysis) is 1. The smallest absolute Gasteiger partial charge is 0.407 e. The van der Waals surface area contributed by atoms with Crippen LogP contribution in [0.15, 0.2) is 22.7 Å². The van der Waals surface area contributed by atoms with Crippen molar-refractivity contribution in [2.75, 3.05) is 26.4 Å². The second kappa shape index (κ2) is 9.23. The summed E-state index contributed by atoms with van der Waals surface area (Å²) in [6, 6.07) is 5.22. The zero-order chi connectivity index (χ0) is 19.2. The maximum absolute atomic E-state index is 12.3. The van der Waals surface area contributed by atoms with Crippen LogP contribution < -0.4 is 15.4 Å². The summed E-state index contributed by atoms with van der Waals surface area (Å²) in [6.45, 7) is 7.16. The lowest BCUT2D eigenvalue weighted by atomic mass is 10.1. The van der Waals surface area contributed by atoms with E-state index in [1.165, 1.54) is 0 Å². The number of amides is 2. The fraction of sp³-hybridized carbons (Fsp3) is 0.556. The third kappa shape index (κ3) is 7.21. The monoisotopic (exact) mass is 428 g/mol. The average Bonchev–Trinajstić information content (AvgIpc) is 3.02. The van der Waals surface area contributed by atoms with Crippen molar-refractivity contribution in [1.29, 1.82) is 0 Å². The van der Waals surface area contributed by atoms with Gasteiger partial charge in [0, 0.05) is 16.6 Å². The van der Waals surface area contributed by atoms with Gasteiger partial charge in [0.15, 0.2) is 0 Å². The SMILES string of the molecule is CC(C)(C)OC(=O)NCCOc1cc(Br)cc(C(=O)NC2CCOC2)c1. The Kier molecular flexibility index (Phi) is 7.28. The van der Waals surface area contributed by atoms with Crippen molar-refractivity contribution in [2.45, 2.75) is 38.8 Å². The van der Waals surface area contributed by atoms with E-state index in [-0.39, 0.29) is 18.6 Å². The summed E-state index contributed by atoms with van der Waals surface area (Å²) < 4.78 is 16.8. The number of carbonyl (C=O) groups excluding carboxylic acids is 2. The predicted molar refractivity (Wildman–Crippen MR) is 101 cm³/mol. The van der Waals surface area contributed by atoms with Crippen molar-refractivity contribution in [3.63, 3.8) is 0 Å². The lowest BCUT2D eigenvalue weighted by molar-refractivity contribution is 0.0520. The van der Waals surface area contributed by atoms with Gasteiger partial charge < -0.3 is 24.8 Å². The second-order valence-corrected chi connectivity index (χ2v) is 7.90. The first-order valence-corrected chi connectivity index (χ1v) is 9.31. The van der Waals surface area contributed by atoms with E-state index in [2.05, 4.69) is 26.6 Å². The Morgan fingerprint density at radius 2 is 2.08 bits per heavy atom. The molecule has 1 aliphatic heterocycles. The van der Waals surface area contributed by atoms with Gasteiger partial charge in [-0.05, 0) is 45.4 Å². The van der Waals surface area contributed by atoms with E-state index in [9.17, 15) is 9.59 Å². The molecule has 1 fully saturated rings. The summed E-state index contributed by atoms with van der Waals surface area (Å²) >= 11 is 3.38. The van der Waals surface area contributed by atoms with Gasteiger partial charge in [-0.25, -0.2) is 4.79 Å².